The van der Waals surface area contributed by atoms with Crippen molar-refractivity contribution in [3.8, 4) is 0 Å². The van der Waals surface area contributed by atoms with Gasteiger partial charge >= 0.3 is 0 Å². The van der Waals surface area contributed by atoms with E-state index in [4.69, 9.17) is 12.6 Å². The minimum absolute atomic E-state index is 0.00535. The van der Waals surface area contributed by atoms with Crippen molar-refractivity contribution in [2.75, 3.05) is 18.0 Å². The molecular weight excluding hydrogens is 418 g/mol. The number of rotatable bonds is 3. The molecular formula is C26H27N3O2S. The predicted molar refractivity (Wildman–Crippen MR) is 129 cm³/mol. The zero-order chi connectivity index (χ0) is 22.4. The highest BCUT2D eigenvalue weighted by Crippen LogP contribution is 2.30. The Bertz CT molecular complexity index is 1130. The molecule has 3 aliphatic rings. The van der Waals surface area contributed by atoms with Crippen molar-refractivity contribution < 1.29 is 14.5 Å². The molecule has 3 heterocycles. The Kier molecular flexibility index (Phi) is 5.43. The van der Waals surface area contributed by atoms with Gasteiger partial charge < -0.3 is 17.5 Å². The van der Waals surface area contributed by atoms with Crippen molar-refractivity contribution in [1.29, 1.82) is 0 Å². The molecule has 2 aromatic carbocycles. The molecule has 0 fully saturated rings. The van der Waals surface area contributed by atoms with E-state index in [2.05, 4.69) is 31.0 Å². The van der Waals surface area contributed by atoms with Gasteiger partial charge in [0.25, 0.3) is 11.8 Å². The van der Waals surface area contributed by atoms with E-state index < -0.39 is 11.8 Å². The number of carbonyl (C=O) groups excluding carboxylic acids is 2. The normalized spacial score (nSPS) is 20.0. The first kappa shape index (κ1) is 21.0. The van der Waals surface area contributed by atoms with Crippen LogP contribution < -0.4 is 9.80 Å². The van der Waals surface area contributed by atoms with Crippen LogP contribution in [0.5, 0.6) is 0 Å². The van der Waals surface area contributed by atoms with Crippen LogP contribution in [0.2, 0.25) is 0 Å². The molecule has 1 N–H and O–H groups in total. The molecule has 2 aromatic rings. The lowest BCUT2D eigenvalue weighted by atomic mass is 9.89. The number of amidine groups is 1. The van der Waals surface area contributed by atoms with Gasteiger partial charge in [-0.1, -0.05) is 26.0 Å². The molecule has 0 aromatic heterocycles. The Labute approximate surface area is 194 Å². The van der Waals surface area contributed by atoms with Crippen LogP contribution in [0.4, 0.5) is 11.4 Å². The van der Waals surface area contributed by atoms with Crippen LogP contribution in [0.1, 0.15) is 54.9 Å². The maximum atomic E-state index is 13.4. The first-order valence-corrected chi connectivity index (χ1v) is 11.8. The summed E-state index contributed by atoms with van der Waals surface area (Å²) in [5.74, 6) is -0.586. The van der Waals surface area contributed by atoms with E-state index >= 15 is 0 Å². The predicted octanol–water partition coefficient (Wildman–Crippen LogP) is 3.08. The van der Waals surface area contributed by atoms with Crippen LogP contribution >= 0.6 is 0 Å². The standard InChI is InChI=1S/C26H27N3O2S/c1-16(2)18-7-9-21(10-8-18)29-25(31)22(24(30)27-26(29)32)15-17-13-19-5-3-11-28-12-4-6-20(14-17)23(19)28/h7-10,13-16H,3-6,11-12H2,1-2H3,(H,27,30,32). The number of nitrogens with one attached hydrogen (secondary N) is 1. The number of carbonyl (C=O) groups is 2. The lowest BCUT2D eigenvalue weighted by Gasteiger charge is -2.33. The topological polar surface area (TPSA) is 54.2 Å². The van der Waals surface area contributed by atoms with Crippen LogP contribution in [-0.4, -0.2) is 30.1 Å². The number of hydrogen-bond donors (Lipinski definition) is 1. The number of aliphatic imine (C=N–C) groups is 1. The Morgan fingerprint density at radius 3 is 2.25 bits per heavy atom. The average Bonchev–Trinajstić information content (AvgIpc) is 2.77. The second kappa shape index (κ2) is 8.26. The van der Waals surface area contributed by atoms with E-state index in [-0.39, 0.29) is 10.7 Å². The van der Waals surface area contributed by atoms with E-state index in [1.54, 1.807) is 11.0 Å². The fraction of sp³-hybridized carbons (Fsp3) is 0.346. The maximum absolute atomic E-state index is 13.4. The quantitative estimate of drug-likeness (QED) is 0.449. The van der Waals surface area contributed by atoms with E-state index in [1.807, 2.05) is 24.3 Å². The van der Waals surface area contributed by atoms with Crippen LogP contribution in [-0.2, 0) is 35.1 Å². The minimum Gasteiger partial charge on any atom is -0.742 e. The smallest absolute Gasteiger partial charge is 0.282 e. The van der Waals surface area contributed by atoms with E-state index in [9.17, 15) is 9.59 Å². The number of quaternary nitrogens is 1. The Morgan fingerprint density at radius 2 is 1.66 bits per heavy atom. The molecule has 0 unspecified atom stereocenters. The highest BCUT2D eigenvalue weighted by molar-refractivity contribution is 7.78. The second-order valence-electron chi connectivity index (χ2n) is 9.17. The van der Waals surface area contributed by atoms with Crippen LogP contribution in [0, 0.1) is 0 Å². The van der Waals surface area contributed by atoms with Crippen LogP contribution in [0.25, 0.3) is 6.08 Å². The third kappa shape index (κ3) is 3.67. The number of nitrogens with zero attached hydrogens (tertiary/aromatic N) is 2. The number of anilines is 1. The lowest BCUT2D eigenvalue weighted by molar-refractivity contribution is -0.838. The van der Waals surface area contributed by atoms with Crippen LogP contribution in [0.3, 0.4) is 0 Å². The summed E-state index contributed by atoms with van der Waals surface area (Å²) in [6.07, 6.45) is 6.14. The highest BCUT2D eigenvalue weighted by Gasteiger charge is 2.31. The molecule has 3 aliphatic heterocycles. The van der Waals surface area contributed by atoms with Crippen molar-refractivity contribution in [3.05, 3.63) is 64.2 Å². The van der Waals surface area contributed by atoms with Crippen molar-refractivity contribution in [1.82, 2.24) is 0 Å². The number of benzene rings is 2. The third-order valence-corrected chi connectivity index (χ3v) is 6.98. The molecule has 6 heteroatoms. The molecule has 0 spiro atoms. The molecule has 0 atom stereocenters. The van der Waals surface area contributed by atoms with Crippen LogP contribution in [0.15, 0.2) is 47.0 Å². The second-order valence-corrected chi connectivity index (χ2v) is 9.53. The van der Waals surface area contributed by atoms with E-state index in [0.29, 0.717) is 11.6 Å². The van der Waals surface area contributed by atoms with Gasteiger partial charge in [-0.3, -0.25) is 14.5 Å². The summed E-state index contributed by atoms with van der Waals surface area (Å²) in [4.78, 5) is 33.0. The van der Waals surface area contributed by atoms with Gasteiger partial charge in [-0.25, -0.2) is 4.99 Å². The molecule has 5 nitrogen and oxygen atoms in total. The van der Waals surface area contributed by atoms with Crippen molar-refractivity contribution in [3.63, 3.8) is 0 Å². The summed E-state index contributed by atoms with van der Waals surface area (Å²) >= 11 is 5.29. The van der Waals surface area contributed by atoms with Crippen molar-refractivity contribution >= 4 is 47.1 Å². The fourth-order valence-corrected chi connectivity index (χ4v) is 5.38. The zero-order valence-corrected chi connectivity index (χ0v) is 19.3. The molecule has 0 saturated carbocycles. The third-order valence-electron chi connectivity index (χ3n) is 6.71. The molecule has 0 bridgehead atoms. The molecule has 32 heavy (non-hydrogen) atoms. The number of aryl methyl sites for hydroxylation is 2. The molecule has 5 rings (SSSR count). The summed E-state index contributed by atoms with van der Waals surface area (Å²) in [6.45, 7) is 6.62. The van der Waals surface area contributed by atoms with Gasteiger partial charge in [0.1, 0.15) is 11.3 Å². The zero-order valence-electron chi connectivity index (χ0n) is 18.5. The molecule has 0 radical (unpaired) electrons. The van der Waals surface area contributed by atoms with Crippen molar-refractivity contribution in [2.45, 2.75) is 45.4 Å². The monoisotopic (exact) mass is 445 g/mol. The highest BCUT2D eigenvalue weighted by atomic mass is 32.1. The summed E-state index contributed by atoms with van der Waals surface area (Å²) in [6, 6.07) is 12.0. The lowest BCUT2D eigenvalue weighted by Crippen LogP contribution is -3.09. The van der Waals surface area contributed by atoms with Gasteiger partial charge in [0.05, 0.1) is 13.1 Å². The SMILES string of the molecule is CC(C)c1ccc(N2C(=O)C(=Cc3cc4c5c(c3)CCC[NH+]5CCC4)C(=O)N=C2[S-])cc1. The van der Waals surface area contributed by atoms with E-state index in [0.717, 1.165) is 18.4 Å². The molecule has 0 aliphatic carbocycles. The Hall–Kier alpha value is -2.83. The molecule has 164 valence electrons. The first-order valence-electron chi connectivity index (χ1n) is 11.4. The van der Waals surface area contributed by atoms with Gasteiger partial charge in [0, 0.05) is 29.7 Å². The van der Waals surface area contributed by atoms with Gasteiger partial charge in [-0.05, 0) is 65.4 Å². The summed E-state index contributed by atoms with van der Waals surface area (Å²) in [5.41, 5.74) is 6.91. The number of amides is 2. The average molecular weight is 446 g/mol. The van der Waals surface area contributed by atoms with Gasteiger partial charge in [-0.15, -0.1) is 0 Å². The van der Waals surface area contributed by atoms with Gasteiger partial charge in [0.15, 0.2) is 0 Å². The molecule has 2 amide bonds. The van der Waals surface area contributed by atoms with Gasteiger partial charge in [-0.2, -0.15) is 0 Å². The number of hydrogen-bond acceptors (Lipinski definition) is 3. The minimum atomic E-state index is -0.561. The fourth-order valence-electron chi connectivity index (χ4n) is 5.11. The maximum Gasteiger partial charge on any atom is 0.282 e. The van der Waals surface area contributed by atoms with E-state index in [1.165, 1.54) is 53.2 Å². The first-order chi connectivity index (χ1) is 15.4. The molecule has 0 saturated heterocycles. The van der Waals surface area contributed by atoms with Gasteiger partial charge in [0.2, 0.25) is 0 Å². The Balaban J connectivity index is 1.52. The summed E-state index contributed by atoms with van der Waals surface area (Å²) in [7, 11) is 0. The largest absolute Gasteiger partial charge is 0.742 e. The summed E-state index contributed by atoms with van der Waals surface area (Å²) in [5, 5.41) is -0.00535. The van der Waals surface area contributed by atoms with Crippen molar-refractivity contribution in [2.24, 2.45) is 4.99 Å². The Morgan fingerprint density at radius 1 is 1.03 bits per heavy atom. The summed E-state index contributed by atoms with van der Waals surface area (Å²) < 4.78 is 0.